The van der Waals surface area contributed by atoms with Gasteiger partial charge in [-0.1, -0.05) is 12.2 Å². The van der Waals surface area contributed by atoms with Crippen LogP contribution in [0.1, 0.15) is 24.2 Å². The van der Waals surface area contributed by atoms with E-state index in [1.807, 2.05) is 31.2 Å². The van der Waals surface area contributed by atoms with Gasteiger partial charge in [-0.25, -0.2) is 4.98 Å². The number of hydrogen-bond acceptors (Lipinski definition) is 7. The summed E-state index contributed by atoms with van der Waals surface area (Å²) in [5.74, 6) is 2.99. The van der Waals surface area contributed by atoms with Gasteiger partial charge in [-0.3, -0.25) is 10.1 Å². The van der Waals surface area contributed by atoms with Gasteiger partial charge in [0.05, 0.1) is 31.8 Å². The molecule has 4 N–H and O–H groups in total. The Morgan fingerprint density at radius 3 is 2.89 bits per heavy atom. The van der Waals surface area contributed by atoms with Crippen molar-refractivity contribution in [3.05, 3.63) is 65.2 Å². The lowest BCUT2D eigenvalue weighted by atomic mass is 10.1. The largest absolute Gasteiger partial charge is 0.500 e. The molecule has 0 saturated heterocycles. The van der Waals surface area contributed by atoms with Crippen molar-refractivity contribution in [2.24, 2.45) is 5.73 Å². The van der Waals surface area contributed by atoms with Crippen molar-refractivity contribution >= 4 is 11.6 Å². The maximum Gasteiger partial charge on any atom is 0.153 e. The van der Waals surface area contributed by atoms with E-state index >= 15 is 0 Å². The second-order valence-electron chi connectivity index (χ2n) is 6.38. The van der Waals surface area contributed by atoms with E-state index in [0.717, 1.165) is 34.9 Å². The molecular formula is C20H26N6O2. The lowest BCUT2D eigenvalue weighted by molar-refractivity contribution is 0.209. The number of aromatic nitrogens is 4. The standard InChI is InChI=1S/C20H26N6O2/c1-14-12-23-20(13-22-14)24-19-11-15(25-26-19)10-16-17(27-2)6-3-4-7-18(16)28-9-5-8-21/h3-4,7,11-13H,5-6,8-10,21H2,1-2H3,(H2,23,24,25,26). The Bertz CT molecular complexity index is 867. The predicted molar refractivity (Wildman–Crippen MR) is 108 cm³/mol. The number of aromatic amines is 1. The minimum atomic E-state index is 0.568. The monoisotopic (exact) mass is 382 g/mol. The summed E-state index contributed by atoms with van der Waals surface area (Å²) >= 11 is 0. The zero-order valence-electron chi connectivity index (χ0n) is 16.2. The molecule has 0 aromatic carbocycles. The number of nitrogens with one attached hydrogen (secondary N) is 2. The van der Waals surface area contributed by atoms with Gasteiger partial charge in [0.15, 0.2) is 5.82 Å². The number of allylic oxidation sites excluding steroid dienone is 4. The number of methoxy groups -OCH3 is 1. The van der Waals surface area contributed by atoms with Crippen LogP contribution < -0.4 is 11.1 Å². The van der Waals surface area contributed by atoms with Crippen LogP contribution in [-0.2, 0) is 15.9 Å². The number of nitrogens with zero attached hydrogens (tertiary/aromatic N) is 3. The molecule has 3 rings (SSSR count). The normalized spacial score (nSPS) is 13.9. The quantitative estimate of drug-likeness (QED) is 0.572. The fourth-order valence-corrected chi connectivity index (χ4v) is 2.78. The predicted octanol–water partition coefficient (Wildman–Crippen LogP) is 2.90. The molecular weight excluding hydrogens is 356 g/mol. The van der Waals surface area contributed by atoms with E-state index in [-0.39, 0.29) is 0 Å². The molecule has 0 amide bonds. The molecule has 0 atom stereocenters. The highest BCUT2D eigenvalue weighted by molar-refractivity contribution is 5.51. The van der Waals surface area contributed by atoms with E-state index in [0.29, 0.717) is 37.6 Å². The average Bonchev–Trinajstić information content (AvgIpc) is 3.05. The first-order chi connectivity index (χ1) is 13.7. The summed E-state index contributed by atoms with van der Waals surface area (Å²) in [5.41, 5.74) is 8.37. The van der Waals surface area contributed by atoms with Crippen molar-refractivity contribution in [3.8, 4) is 0 Å². The Morgan fingerprint density at radius 2 is 2.14 bits per heavy atom. The number of anilines is 2. The van der Waals surface area contributed by atoms with Crippen molar-refractivity contribution in [3.63, 3.8) is 0 Å². The molecule has 1 aliphatic carbocycles. The first-order valence-electron chi connectivity index (χ1n) is 9.25. The van der Waals surface area contributed by atoms with Gasteiger partial charge in [-0.2, -0.15) is 5.10 Å². The maximum absolute atomic E-state index is 5.96. The molecule has 8 heteroatoms. The highest BCUT2D eigenvalue weighted by atomic mass is 16.5. The van der Waals surface area contributed by atoms with Crippen molar-refractivity contribution < 1.29 is 9.47 Å². The van der Waals surface area contributed by atoms with E-state index in [4.69, 9.17) is 15.2 Å². The first kappa shape index (κ1) is 19.6. The first-order valence-corrected chi connectivity index (χ1v) is 9.25. The SMILES string of the molecule is COC1=C(Cc2cc(Nc3cnc(C)cn3)n[nH]2)C(OCCCN)=CC=CC1. The van der Waals surface area contributed by atoms with Gasteiger partial charge in [0.1, 0.15) is 17.3 Å². The van der Waals surface area contributed by atoms with Crippen LogP contribution in [0.15, 0.2) is 53.8 Å². The van der Waals surface area contributed by atoms with Gasteiger partial charge in [0, 0.05) is 30.2 Å². The Hall–Kier alpha value is -3.13. The van der Waals surface area contributed by atoms with E-state index in [1.165, 1.54) is 0 Å². The molecule has 0 fully saturated rings. The lowest BCUT2D eigenvalue weighted by Gasteiger charge is -2.16. The topological polar surface area (TPSA) is 111 Å². The smallest absolute Gasteiger partial charge is 0.153 e. The molecule has 2 aromatic heterocycles. The summed E-state index contributed by atoms with van der Waals surface area (Å²) < 4.78 is 11.6. The number of rotatable bonds is 9. The van der Waals surface area contributed by atoms with E-state index < -0.39 is 0 Å². The minimum absolute atomic E-state index is 0.568. The minimum Gasteiger partial charge on any atom is -0.500 e. The molecule has 0 radical (unpaired) electrons. The second kappa shape index (κ2) is 9.70. The van der Waals surface area contributed by atoms with E-state index in [9.17, 15) is 0 Å². The molecule has 1 aliphatic rings. The van der Waals surface area contributed by atoms with Gasteiger partial charge in [-0.15, -0.1) is 0 Å². The van der Waals surface area contributed by atoms with Crippen molar-refractivity contribution in [1.29, 1.82) is 0 Å². The van der Waals surface area contributed by atoms with Gasteiger partial charge in [0.25, 0.3) is 0 Å². The zero-order valence-corrected chi connectivity index (χ0v) is 16.2. The van der Waals surface area contributed by atoms with Gasteiger partial charge in [0.2, 0.25) is 0 Å². The van der Waals surface area contributed by atoms with Crippen LogP contribution in [0.3, 0.4) is 0 Å². The van der Waals surface area contributed by atoms with Crippen LogP contribution in [0.5, 0.6) is 0 Å². The second-order valence-corrected chi connectivity index (χ2v) is 6.38. The van der Waals surface area contributed by atoms with Crippen molar-refractivity contribution in [1.82, 2.24) is 20.2 Å². The summed E-state index contributed by atoms with van der Waals surface area (Å²) in [6.45, 7) is 3.06. The number of nitrogens with two attached hydrogens (primary N) is 1. The number of H-pyrrole nitrogens is 1. The van der Waals surface area contributed by atoms with Gasteiger partial charge < -0.3 is 20.5 Å². The Balaban J connectivity index is 1.74. The molecule has 0 aliphatic heterocycles. The zero-order chi connectivity index (χ0) is 19.8. The maximum atomic E-state index is 5.96. The molecule has 0 bridgehead atoms. The third-order valence-electron chi connectivity index (χ3n) is 4.21. The molecule has 0 spiro atoms. The fraction of sp³-hybridized carbons (Fsp3) is 0.350. The number of hydrogen-bond donors (Lipinski definition) is 3. The molecule has 28 heavy (non-hydrogen) atoms. The molecule has 2 heterocycles. The Morgan fingerprint density at radius 1 is 1.25 bits per heavy atom. The van der Waals surface area contributed by atoms with Crippen LogP contribution >= 0.6 is 0 Å². The summed E-state index contributed by atoms with van der Waals surface area (Å²) in [6, 6.07) is 1.94. The Labute approximate surface area is 164 Å². The van der Waals surface area contributed by atoms with E-state index in [1.54, 1.807) is 19.5 Å². The van der Waals surface area contributed by atoms with Crippen molar-refractivity contribution in [2.75, 3.05) is 25.6 Å². The van der Waals surface area contributed by atoms with Crippen molar-refractivity contribution in [2.45, 2.75) is 26.2 Å². The van der Waals surface area contributed by atoms with Crippen LogP contribution in [0.4, 0.5) is 11.6 Å². The van der Waals surface area contributed by atoms with Crippen LogP contribution in [-0.4, -0.2) is 40.4 Å². The summed E-state index contributed by atoms with van der Waals surface area (Å²) in [5, 5.41) is 10.5. The van der Waals surface area contributed by atoms with E-state index in [2.05, 4.69) is 25.5 Å². The van der Waals surface area contributed by atoms with Crippen LogP contribution in [0.2, 0.25) is 0 Å². The summed E-state index contributed by atoms with van der Waals surface area (Å²) in [4.78, 5) is 8.51. The lowest BCUT2D eigenvalue weighted by Crippen LogP contribution is -2.08. The van der Waals surface area contributed by atoms with Gasteiger partial charge >= 0.3 is 0 Å². The number of ether oxygens (including phenoxy) is 2. The van der Waals surface area contributed by atoms with Crippen LogP contribution in [0, 0.1) is 6.92 Å². The highest BCUT2D eigenvalue weighted by Crippen LogP contribution is 2.27. The average molecular weight is 382 g/mol. The third kappa shape index (κ3) is 5.20. The summed E-state index contributed by atoms with van der Waals surface area (Å²) in [6.07, 6.45) is 11.5. The van der Waals surface area contributed by atoms with Crippen LogP contribution in [0.25, 0.3) is 0 Å². The number of aryl methyl sites for hydroxylation is 1. The summed E-state index contributed by atoms with van der Waals surface area (Å²) in [7, 11) is 1.68. The third-order valence-corrected chi connectivity index (χ3v) is 4.21. The molecule has 2 aromatic rings. The fourth-order valence-electron chi connectivity index (χ4n) is 2.78. The highest BCUT2D eigenvalue weighted by Gasteiger charge is 2.17. The molecule has 148 valence electrons. The Kier molecular flexibility index (Phi) is 6.80. The molecule has 8 nitrogen and oxygen atoms in total. The molecule has 0 saturated carbocycles. The molecule has 0 unspecified atom stereocenters. The van der Waals surface area contributed by atoms with Gasteiger partial charge in [-0.05, 0) is 26.0 Å².